The highest BCUT2D eigenvalue weighted by Crippen LogP contribution is 2.21. The molecule has 1 N–H and O–H groups in total. The van der Waals surface area contributed by atoms with Gasteiger partial charge in [0.1, 0.15) is 5.82 Å². The van der Waals surface area contributed by atoms with Crippen LogP contribution in [0, 0.1) is 3.57 Å². The van der Waals surface area contributed by atoms with Crippen LogP contribution in [0.5, 0.6) is 0 Å². The lowest BCUT2D eigenvalue weighted by atomic mass is 10.3. The standard InChI is InChI=1S/C14H13IN2O2/c1-2-19-14(18)10-7-8-13(16-9-10)17-12-6-4-3-5-11(12)15/h3-9H,2H2,1H3,(H,16,17). The lowest BCUT2D eigenvalue weighted by Crippen LogP contribution is -2.05. The molecule has 0 fully saturated rings. The highest BCUT2D eigenvalue weighted by molar-refractivity contribution is 14.1. The Morgan fingerprint density at radius 2 is 2.11 bits per heavy atom. The Labute approximate surface area is 125 Å². The number of benzene rings is 1. The lowest BCUT2D eigenvalue weighted by molar-refractivity contribution is 0.0526. The smallest absolute Gasteiger partial charge is 0.339 e. The molecule has 1 aromatic heterocycles. The molecule has 2 rings (SSSR count). The summed E-state index contributed by atoms with van der Waals surface area (Å²) in [6.07, 6.45) is 1.51. The molecule has 0 radical (unpaired) electrons. The van der Waals surface area contributed by atoms with E-state index in [1.54, 1.807) is 19.1 Å². The summed E-state index contributed by atoms with van der Waals surface area (Å²) in [5.74, 6) is 0.341. The molecule has 0 amide bonds. The van der Waals surface area contributed by atoms with Gasteiger partial charge in [-0.15, -0.1) is 0 Å². The largest absolute Gasteiger partial charge is 0.462 e. The fourth-order valence-corrected chi connectivity index (χ4v) is 2.03. The topological polar surface area (TPSA) is 51.2 Å². The van der Waals surface area contributed by atoms with Crippen LogP contribution in [0.1, 0.15) is 17.3 Å². The molecule has 0 aliphatic carbocycles. The molecule has 0 aliphatic heterocycles. The van der Waals surface area contributed by atoms with E-state index in [0.29, 0.717) is 18.0 Å². The van der Waals surface area contributed by atoms with Crippen LogP contribution < -0.4 is 5.32 Å². The number of nitrogens with one attached hydrogen (secondary N) is 1. The van der Waals surface area contributed by atoms with E-state index in [0.717, 1.165) is 9.26 Å². The second-order valence-corrected chi connectivity index (χ2v) is 4.92. The zero-order chi connectivity index (χ0) is 13.7. The Morgan fingerprint density at radius 1 is 1.32 bits per heavy atom. The number of anilines is 2. The van der Waals surface area contributed by atoms with Gasteiger partial charge in [-0.2, -0.15) is 0 Å². The number of ether oxygens (including phenoxy) is 1. The number of carbonyl (C=O) groups excluding carboxylic acids is 1. The number of hydrogen-bond donors (Lipinski definition) is 1. The number of pyridine rings is 1. The van der Waals surface area contributed by atoms with Crippen LogP contribution in [-0.4, -0.2) is 17.6 Å². The third kappa shape index (κ3) is 3.66. The van der Waals surface area contributed by atoms with Crippen LogP contribution >= 0.6 is 22.6 Å². The molecule has 0 saturated carbocycles. The first-order chi connectivity index (χ1) is 9.20. The number of aromatic nitrogens is 1. The van der Waals surface area contributed by atoms with E-state index in [1.165, 1.54) is 6.20 Å². The zero-order valence-corrected chi connectivity index (χ0v) is 12.5. The van der Waals surface area contributed by atoms with E-state index < -0.39 is 0 Å². The van der Waals surface area contributed by atoms with Crippen molar-refractivity contribution in [3.63, 3.8) is 0 Å². The Balaban J connectivity index is 2.11. The number of esters is 1. The minimum Gasteiger partial charge on any atom is -0.462 e. The summed E-state index contributed by atoms with van der Waals surface area (Å²) in [5, 5.41) is 3.20. The molecular weight excluding hydrogens is 355 g/mol. The third-order valence-corrected chi connectivity index (χ3v) is 3.35. The van der Waals surface area contributed by atoms with E-state index in [1.807, 2.05) is 24.3 Å². The first kappa shape index (κ1) is 13.8. The van der Waals surface area contributed by atoms with Crippen molar-refractivity contribution in [1.82, 2.24) is 4.98 Å². The molecule has 0 aliphatic rings. The van der Waals surface area contributed by atoms with E-state index >= 15 is 0 Å². The molecule has 0 spiro atoms. The molecule has 4 nitrogen and oxygen atoms in total. The quantitative estimate of drug-likeness (QED) is 0.662. The molecule has 0 saturated heterocycles. The highest BCUT2D eigenvalue weighted by atomic mass is 127. The lowest BCUT2D eigenvalue weighted by Gasteiger charge is -2.08. The molecule has 2 aromatic rings. The summed E-state index contributed by atoms with van der Waals surface area (Å²) in [5.41, 5.74) is 1.44. The van der Waals surface area contributed by atoms with Crippen LogP contribution in [0.3, 0.4) is 0 Å². The number of nitrogens with zero attached hydrogens (tertiary/aromatic N) is 1. The number of hydrogen-bond acceptors (Lipinski definition) is 4. The van der Waals surface area contributed by atoms with Gasteiger partial charge in [0.05, 0.1) is 17.9 Å². The number of para-hydroxylation sites is 1. The van der Waals surface area contributed by atoms with Crippen LogP contribution in [0.25, 0.3) is 0 Å². The SMILES string of the molecule is CCOC(=O)c1ccc(Nc2ccccc2I)nc1. The maximum absolute atomic E-state index is 11.5. The summed E-state index contributed by atoms with van der Waals surface area (Å²) in [4.78, 5) is 15.7. The molecule has 1 heterocycles. The van der Waals surface area contributed by atoms with Crippen molar-refractivity contribution in [3.05, 3.63) is 51.7 Å². The molecule has 1 aromatic carbocycles. The van der Waals surface area contributed by atoms with Gasteiger partial charge in [0.25, 0.3) is 0 Å². The summed E-state index contributed by atoms with van der Waals surface area (Å²) in [6.45, 7) is 2.14. The monoisotopic (exact) mass is 368 g/mol. The predicted octanol–water partition coefficient (Wildman–Crippen LogP) is 3.61. The van der Waals surface area contributed by atoms with Crippen molar-refractivity contribution in [2.75, 3.05) is 11.9 Å². The van der Waals surface area contributed by atoms with Crippen LogP contribution in [-0.2, 0) is 4.74 Å². The van der Waals surface area contributed by atoms with Crippen molar-refractivity contribution in [1.29, 1.82) is 0 Å². The van der Waals surface area contributed by atoms with E-state index in [-0.39, 0.29) is 5.97 Å². The maximum Gasteiger partial charge on any atom is 0.339 e. The Bertz CT molecular complexity index is 570. The molecule has 0 atom stereocenters. The van der Waals surface area contributed by atoms with Gasteiger partial charge < -0.3 is 10.1 Å². The fraction of sp³-hybridized carbons (Fsp3) is 0.143. The van der Waals surface area contributed by atoms with E-state index in [9.17, 15) is 4.79 Å². The Kier molecular flexibility index (Phi) is 4.73. The number of carbonyl (C=O) groups is 1. The van der Waals surface area contributed by atoms with Gasteiger partial charge >= 0.3 is 5.97 Å². The third-order valence-electron chi connectivity index (χ3n) is 2.41. The van der Waals surface area contributed by atoms with Crippen molar-refractivity contribution >= 4 is 40.1 Å². The first-order valence-electron chi connectivity index (χ1n) is 5.85. The van der Waals surface area contributed by atoms with Gasteiger partial charge in [0, 0.05) is 9.77 Å². The first-order valence-corrected chi connectivity index (χ1v) is 6.93. The molecule has 5 heteroatoms. The van der Waals surface area contributed by atoms with Gasteiger partial charge in [-0.1, -0.05) is 12.1 Å². The van der Waals surface area contributed by atoms with Gasteiger partial charge in [-0.3, -0.25) is 0 Å². The van der Waals surface area contributed by atoms with Crippen molar-refractivity contribution in [3.8, 4) is 0 Å². The van der Waals surface area contributed by atoms with Gasteiger partial charge in [0.2, 0.25) is 0 Å². The second-order valence-electron chi connectivity index (χ2n) is 3.76. The number of halogens is 1. The van der Waals surface area contributed by atoms with Crippen LogP contribution in [0.4, 0.5) is 11.5 Å². The number of rotatable bonds is 4. The zero-order valence-electron chi connectivity index (χ0n) is 10.4. The minimum atomic E-state index is -0.351. The summed E-state index contributed by atoms with van der Waals surface area (Å²) >= 11 is 2.25. The van der Waals surface area contributed by atoms with Crippen LogP contribution in [0.15, 0.2) is 42.6 Å². The van der Waals surface area contributed by atoms with Crippen molar-refractivity contribution in [2.24, 2.45) is 0 Å². The van der Waals surface area contributed by atoms with Gasteiger partial charge in [-0.05, 0) is 53.8 Å². The summed E-state index contributed by atoms with van der Waals surface area (Å²) < 4.78 is 6.01. The minimum absolute atomic E-state index is 0.351. The van der Waals surface area contributed by atoms with E-state index in [4.69, 9.17) is 4.74 Å². The van der Waals surface area contributed by atoms with Crippen molar-refractivity contribution in [2.45, 2.75) is 6.92 Å². The van der Waals surface area contributed by atoms with Crippen LogP contribution in [0.2, 0.25) is 0 Å². The Morgan fingerprint density at radius 3 is 2.74 bits per heavy atom. The predicted molar refractivity (Wildman–Crippen MR) is 82.6 cm³/mol. The normalized spacial score (nSPS) is 10.0. The van der Waals surface area contributed by atoms with Crippen molar-refractivity contribution < 1.29 is 9.53 Å². The average molecular weight is 368 g/mol. The van der Waals surface area contributed by atoms with Gasteiger partial charge in [0.15, 0.2) is 0 Å². The Hall–Kier alpha value is -1.63. The highest BCUT2D eigenvalue weighted by Gasteiger charge is 2.07. The second kappa shape index (κ2) is 6.51. The molecule has 19 heavy (non-hydrogen) atoms. The molecular formula is C14H13IN2O2. The summed E-state index contributed by atoms with van der Waals surface area (Å²) in [7, 11) is 0. The fourth-order valence-electron chi connectivity index (χ4n) is 1.50. The molecule has 98 valence electrons. The molecule has 0 unspecified atom stereocenters. The summed E-state index contributed by atoms with van der Waals surface area (Å²) in [6, 6.07) is 11.4. The maximum atomic E-state index is 11.5. The molecule has 0 bridgehead atoms. The van der Waals surface area contributed by atoms with Gasteiger partial charge in [-0.25, -0.2) is 9.78 Å². The van der Waals surface area contributed by atoms with E-state index in [2.05, 4.69) is 32.9 Å². The average Bonchev–Trinajstić information content (AvgIpc) is 2.42.